The molecule has 0 bridgehead atoms. The Balaban J connectivity index is 1.71. The van der Waals surface area contributed by atoms with Gasteiger partial charge in [-0.1, -0.05) is 6.92 Å². The molecule has 5 nitrogen and oxygen atoms in total. The summed E-state index contributed by atoms with van der Waals surface area (Å²) < 4.78 is 13.3. The van der Waals surface area contributed by atoms with Crippen LogP contribution in [0, 0.1) is 0 Å². The fourth-order valence-electron chi connectivity index (χ4n) is 2.91. The molecule has 5 heteroatoms. The summed E-state index contributed by atoms with van der Waals surface area (Å²) in [7, 11) is 0. The van der Waals surface area contributed by atoms with Crippen LogP contribution in [0.15, 0.2) is 18.3 Å². The quantitative estimate of drug-likeness (QED) is 0.770. The third-order valence-electron chi connectivity index (χ3n) is 4.48. The first-order valence-corrected chi connectivity index (χ1v) is 8.06. The van der Waals surface area contributed by atoms with Gasteiger partial charge in [-0.05, 0) is 25.0 Å². The van der Waals surface area contributed by atoms with E-state index in [9.17, 15) is 4.79 Å². The Hall–Kier alpha value is -1.88. The van der Waals surface area contributed by atoms with Crippen molar-refractivity contribution < 1.29 is 14.3 Å². The lowest BCUT2D eigenvalue weighted by atomic mass is 10.1. The third-order valence-corrected chi connectivity index (χ3v) is 4.48. The number of aromatic nitrogens is 2. The van der Waals surface area contributed by atoms with Crippen molar-refractivity contribution >= 4 is 11.3 Å². The van der Waals surface area contributed by atoms with Gasteiger partial charge in [0.2, 0.25) is 0 Å². The Morgan fingerprint density at radius 2 is 2.23 bits per heavy atom. The van der Waals surface area contributed by atoms with Crippen LogP contribution in [-0.4, -0.2) is 34.7 Å². The predicted octanol–water partition coefficient (Wildman–Crippen LogP) is 2.97. The number of ether oxygens (including phenoxy) is 2. The molecule has 0 radical (unpaired) electrons. The molecule has 0 aromatic carbocycles. The Labute approximate surface area is 129 Å². The minimum atomic E-state index is 0.133. The summed E-state index contributed by atoms with van der Waals surface area (Å²) in [6, 6.07) is 3.93. The highest BCUT2D eigenvalue weighted by Gasteiger charge is 2.31. The van der Waals surface area contributed by atoms with E-state index >= 15 is 0 Å². The van der Waals surface area contributed by atoms with Gasteiger partial charge in [-0.3, -0.25) is 4.79 Å². The Bertz CT molecular complexity index is 714. The monoisotopic (exact) mass is 300 g/mol. The fraction of sp³-hybridized carbons (Fsp3) is 0.529. The zero-order chi connectivity index (χ0) is 15.1. The van der Waals surface area contributed by atoms with Crippen molar-refractivity contribution in [3.8, 4) is 5.75 Å². The van der Waals surface area contributed by atoms with E-state index in [1.165, 1.54) is 0 Å². The van der Waals surface area contributed by atoms with Crippen LogP contribution in [0.25, 0.3) is 5.52 Å². The van der Waals surface area contributed by atoms with Crippen LogP contribution < -0.4 is 4.74 Å². The number of rotatable bonds is 6. The van der Waals surface area contributed by atoms with Crippen LogP contribution in [0.1, 0.15) is 54.6 Å². The summed E-state index contributed by atoms with van der Waals surface area (Å²) in [5, 5.41) is 4.46. The van der Waals surface area contributed by atoms with Crippen molar-refractivity contribution in [2.75, 3.05) is 13.2 Å². The predicted molar refractivity (Wildman–Crippen MR) is 81.6 cm³/mol. The lowest BCUT2D eigenvalue weighted by Gasteiger charge is -2.26. The molecule has 4 rings (SSSR count). The summed E-state index contributed by atoms with van der Waals surface area (Å²) >= 11 is 0. The van der Waals surface area contributed by atoms with E-state index in [1.807, 2.05) is 23.6 Å². The zero-order valence-electron chi connectivity index (χ0n) is 12.7. The molecule has 2 fully saturated rings. The van der Waals surface area contributed by atoms with Gasteiger partial charge in [-0.25, -0.2) is 4.52 Å². The highest BCUT2D eigenvalue weighted by atomic mass is 16.5. The Morgan fingerprint density at radius 1 is 1.41 bits per heavy atom. The number of pyridine rings is 1. The second-order valence-corrected chi connectivity index (χ2v) is 6.08. The van der Waals surface area contributed by atoms with E-state index in [0.717, 1.165) is 42.8 Å². The molecule has 1 unspecified atom stereocenters. The summed E-state index contributed by atoms with van der Waals surface area (Å²) in [4.78, 5) is 12.0. The third kappa shape index (κ3) is 2.29. The van der Waals surface area contributed by atoms with Gasteiger partial charge in [0, 0.05) is 25.4 Å². The second kappa shape index (κ2) is 5.39. The molecule has 3 heterocycles. The first-order chi connectivity index (χ1) is 10.8. The molecule has 1 aliphatic carbocycles. The molecule has 1 saturated carbocycles. The number of hydrogen-bond acceptors (Lipinski definition) is 4. The van der Waals surface area contributed by atoms with Crippen molar-refractivity contribution in [1.29, 1.82) is 0 Å². The molecule has 1 atom stereocenters. The molecule has 22 heavy (non-hydrogen) atoms. The lowest BCUT2D eigenvalue weighted by molar-refractivity contribution is -0.0722. The van der Waals surface area contributed by atoms with E-state index in [2.05, 4.69) is 5.10 Å². The van der Waals surface area contributed by atoms with E-state index in [-0.39, 0.29) is 11.9 Å². The number of ketones is 1. The molecule has 116 valence electrons. The van der Waals surface area contributed by atoms with Gasteiger partial charge in [-0.15, -0.1) is 0 Å². The van der Waals surface area contributed by atoms with Gasteiger partial charge in [0.25, 0.3) is 0 Å². The highest BCUT2D eigenvalue weighted by Crippen LogP contribution is 2.44. The molecule has 1 saturated heterocycles. The SMILES string of the molecule is CCC(=O)c1cnn2c(C3CC3)c(OCC3CCO3)ccc12. The standard InChI is InChI=1S/C17H20N2O3/c1-2-15(20)13-9-18-19-14(13)5-6-16(17(19)11-3-4-11)22-10-12-7-8-21-12/h5-6,9,11-12H,2-4,7-8,10H2,1H3. The van der Waals surface area contributed by atoms with Crippen LogP contribution in [0.4, 0.5) is 0 Å². The Morgan fingerprint density at radius 3 is 2.86 bits per heavy atom. The summed E-state index contributed by atoms with van der Waals surface area (Å²) in [5.41, 5.74) is 2.70. The maximum atomic E-state index is 12.0. The lowest BCUT2D eigenvalue weighted by Crippen LogP contribution is -2.32. The van der Waals surface area contributed by atoms with Gasteiger partial charge in [0.05, 0.1) is 29.1 Å². The molecule has 0 spiro atoms. The first-order valence-electron chi connectivity index (χ1n) is 8.06. The minimum Gasteiger partial charge on any atom is -0.489 e. The van der Waals surface area contributed by atoms with Gasteiger partial charge in [-0.2, -0.15) is 5.10 Å². The maximum Gasteiger partial charge on any atom is 0.166 e. The molecular weight excluding hydrogens is 280 g/mol. The van der Waals surface area contributed by atoms with Gasteiger partial charge >= 0.3 is 0 Å². The zero-order valence-corrected chi connectivity index (χ0v) is 12.7. The van der Waals surface area contributed by atoms with Crippen molar-refractivity contribution in [2.45, 2.75) is 44.6 Å². The average Bonchev–Trinajstić information content (AvgIpc) is 3.23. The number of carbonyl (C=O) groups excluding carboxylic acids is 1. The number of nitrogens with zero attached hydrogens (tertiary/aromatic N) is 2. The molecule has 2 aromatic heterocycles. The molecule has 0 N–H and O–H groups in total. The van der Waals surface area contributed by atoms with Crippen molar-refractivity contribution in [2.24, 2.45) is 0 Å². The summed E-state index contributed by atoms with van der Waals surface area (Å²) in [5.74, 6) is 1.50. The molecule has 1 aliphatic heterocycles. The van der Waals surface area contributed by atoms with Crippen LogP contribution in [0.5, 0.6) is 5.75 Å². The van der Waals surface area contributed by atoms with Gasteiger partial charge in [0.1, 0.15) is 12.4 Å². The van der Waals surface area contributed by atoms with Crippen LogP contribution >= 0.6 is 0 Å². The van der Waals surface area contributed by atoms with Crippen molar-refractivity contribution in [3.05, 3.63) is 29.6 Å². The minimum absolute atomic E-state index is 0.133. The second-order valence-electron chi connectivity index (χ2n) is 6.08. The molecule has 2 aromatic rings. The number of hydrogen-bond donors (Lipinski definition) is 0. The summed E-state index contributed by atoms with van der Waals surface area (Å²) in [6.45, 7) is 3.31. The first kappa shape index (κ1) is 13.8. The Kier molecular flexibility index (Phi) is 3.37. The number of Topliss-reactive ketones (excluding diaryl/α,β-unsaturated/α-hetero) is 1. The topological polar surface area (TPSA) is 52.8 Å². The number of carbonyl (C=O) groups is 1. The fourth-order valence-corrected chi connectivity index (χ4v) is 2.91. The maximum absolute atomic E-state index is 12.0. The molecule has 0 amide bonds. The van der Waals surface area contributed by atoms with Gasteiger partial charge in [0.15, 0.2) is 5.78 Å². The van der Waals surface area contributed by atoms with Crippen LogP contribution in [0.3, 0.4) is 0 Å². The average molecular weight is 300 g/mol. The summed E-state index contributed by atoms with van der Waals surface area (Å²) in [6.07, 6.45) is 5.79. The molecular formula is C17H20N2O3. The smallest absolute Gasteiger partial charge is 0.166 e. The number of fused-ring (bicyclic) bond motifs is 1. The van der Waals surface area contributed by atoms with Gasteiger partial charge < -0.3 is 9.47 Å². The van der Waals surface area contributed by atoms with Crippen LogP contribution in [-0.2, 0) is 4.74 Å². The van der Waals surface area contributed by atoms with E-state index in [4.69, 9.17) is 9.47 Å². The normalized spacial score (nSPS) is 20.9. The van der Waals surface area contributed by atoms with Crippen molar-refractivity contribution in [1.82, 2.24) is 9.61 Å². The van der Waals surface area contributed by atoms with E-state index < -0.39 is 0 Å². The largest absolute Gasteiger partial charge is 0.489 e. The van der Waals surface area contributed by atoms with Crippen molar-refractivity contribution in [3.63, 3.8) is 0 Å². The van der Waals surface area contributed by atoms with Crippen LogP contribution in [0.2, 0.25) is 0 Å². The molecule has 2 aliphatic rings. The highest BCUT2D eigenvalue weighted by molar-refractivity contribution is 6.02. The van der Waals surface area contributed by atoms with E-state index in [0.29, 0.717) is 24.5 Å². The van der Waals surface area contributed by atoms with E-state index in [1.54, 1.807) is 6.20 Å².